The van der Waals surface area contributed by atoms with E-state index < -0.39 is 4.92 Å². The number of thioether (sulfide) groups is 1. The molecule has 1 aromatic carbocycles. The Morgan fingerprint density at radius 2 is 2.35 bits per heavy atom. The summed E-state index contributed by atoms with van der Waals surface area (Å²) in [5.41, 5.74) is 0.810. The Labute approximate surface area is 122 Å². The highest BCUT2D eigenvalue weighted by Crippen LogP contribution is 2.34. The Morgan fingerprint density at radius 1 is 1.55 bits per heavy atom. The first-order valence-corrected chi connectivity index (χ1v) is 7.75. The molecule has 0 spiro atoms. The molecular formula is C14H17N3O2S. The third kappa shape index (κ3) is 3.42. The van der Waals surface area contributed by atoms with Crippen LogP contribution in [0.5, 0.6) is 0 Å². The second kappa shape index (κ2) is 6.62. The normalized spacial score (nSPS) is 21.4. The van der Waals surface area contributed by atoms with Crippen molar-refractivity contribution < 1.29 is 4.92 Å². The number of nitro groups is 1. The molecule has 5 nitrogen and oxygen atoms in total. The van der Waals surface area contributed by atoms with Crippen LogP contribution in [-0.2, 0) is 0 Å². The molecular weight excluding hydrogens is 274 g/mol. The van der Waals surface area contributed by atoms with Crippen molar-refractivity contribution in [3.8, 4) is 6.07 Å². The molecule has 0 radical (unpaired) electrons. The summed E-state index contributed by atoms with van der Waals surface area (Å²) in [6.07, 6.45) is 3.23. The number of hydrogen-bond acceptors (Lipinski definition) is 5. The summed E-state index contributed by atoms with van der Waals surface area (Å²) in [5, 5.41) is 23.8. The average Bonchev–Trinajstić information content (AvgIpc) is 2.87. The lowest BCUT2D eigenvalue weighted by atomic mass is 10.1. The van der Waals surface area contributed by atoms with E-state index in [2.05, 4.69) is 12.2 Å². The molecule has 0 aliphatic heterocycles. The number of benzene rings is 1. The lowest BCUT2D eigenvalue weighted by Crippen LogP contribution is -2.17. The Balaban J connectivity index is 2.10. The van der Waals surface area contributed by atoms with E-state index in [1.54, 1.807) is 12.1 Å². The van der Waals surface area contributed by atoms with Crippen LogP contribution in [0.15, 0.2) is 18.2 Å². The van der Waals surface area contributed by atoms with E-state index in [1.807, 2.05) is 17.8 Å². The minimum Gasteiger partial charge on any atom is -0.377 e. The first-order chi connectivity index (χ1) is 9.63. The largest absolute Gasteiger partial charge is 0.377 e. The van der Waals surface area contributed by atoms with Gasteiger partial charge in [0, 0.05) is 17.4 Å². The number of rotatable bonds is 5. The summed E-state index contributed by atoms with van der Waals surface area (Å²) >= 11 is 1.95. The molecule has 1 aliphatic carbocycles. The second-order valence-corrected chi connectivity index (χ2v) is 6.41. The van der Waals surface area contributed by atoms with E-state index in [-0.39, 0.29) is 11.7 Å². The Morgan fingerprint density at radius 3 is 3.00 bits per heavy atom. The summed E-state index contributed by atoms with van der Waals surface area (Å²) < 4.78 is 0. The molecule has 0 amide bonds. The molecule has 1 saturated carbocycles. The first kappa shape index (κ1) is 14.7. The zero-order valence-corrected chi connectivity index (χ0v) is 12.2. The molecule has 1 aromatic rings. The Kier molecular flexibility index (Phi) is 4.85. The minimum atomic E-state index is -0.434. The molecule has 0 bridgehead atoms. The lowest BCUT2D eigenvalue weighted by Gasteiger charge is -2.14. The summed E-state index contributed by atoms with van der Waals surface area (Å²) in [6, 6.07) is 6.79. The van der Waals surface area contributed by atoms with E-state index in [1.165, 1.54) is 6.07 Å². The van der Waals surface area contributed by atoms with Gasteiger partial charge in [0.2, 0.25) is 0 Å². The number of nitro benzene ring substituents is 1. The molecule has 20 heavy (non-hydrogen) atoms. The van der Waals surface area contributed by atoms with Crippen molar-refractivity contribution in [2.45, 2.75) is 37.5 Å². The summed E-state index contributed by atoms with van der Waals surface area (Å²) in [6.45, 7) is 2.15. The zero-order valence-electron chi connectivity index (χ0n) is 11.3. The second-order valence-electron chi connectivity index (χ2n) is 4.83. The predicted octanol–water partition coefficient (Wildman–Crippen LogP) is 3.55. The molecule has 2 rings (SSSR count). The third-order valence-electron chi connectivity index (χ3n) is 3.47. The van der Waals surface area contributed by atoms with Gasteiger partial charge in [0.05, 0.1) is 16.6 Å². The van der Waals surface area contributed by atoms with Gasteiger partial charge in [-0.2, -0.15) is 17.0 Å². The van der Waals surface area contributed by atoms with E-state index >= 15 is 0 Å². The van der Waals surface area contributed by atoms with Crippen molar-refractivity contribution in [2.24, 2.45) is 0 Å². The highest BCUT2D eigenvalue weighted by Gasteiger charge is 2.26. The van der Waals surface area contributed by atoms with Crippen LogP contribution in [0.2, 0.25) is 0 Å². The number of nitrogens with zero attached hydrogens (tertiary/aromatic N) is 2. The van der Waals surface area contributed by atoms with Crippen LogP contribution < -0.4 is 5.32 Å². The van der Waals surface area contributed by atoms with Gasteiger partial charge in [-0.15, -0.1) is 0 Å². The standard InChI is InChI=1S/C14H17N3O2S/c1-2-20-12-5-4-11(8-12)16-13-6-3-10(9-15)7-14(13)17(18)19/h3,6-7,11-12,16H,2,4-5,8H2,1H3. The molecule has 0 saturated heterocycles. The maximum Gasteiger partial charge on any atom is 0.293 e. The van der Waals surface area contributed by atoms with E-state index in [9.17, 15) is 10.1 Å². The fourth-order valence-electron chi connectivity index (χ4n) is 2.55. The molecule has 0 heterocycles. The van der Waals surface area contributed by atoms with Gasteiger partial charge < -0.3 is 5.32 Å². The molecule has 1 fully saturated rings. The van der Waals surface area contributed by atoms with Gasteiger partial charge in [-0.1, -0.05) is 6.92 Å². The van der Waals surface area contributed by atoms with Crippen molar-refractivity contribution >= 4 is 23.1 Å². The smallest absolute Gasteiger partial charge is 0.293 e. The van der Waals surface area contributed by atoms with Crippen LogP contribution in [0.4, 0.5) is 11.4 Å². The average molecular weight is 291 g/mol. The highest BCUT2D eigenvalue weighted by molar-refractivity contribution is 7.99. The number of anilines is 1. The summed E-state index contributed by atoms with van der Waals surface area (Å²) in [7, 11) is 0. The van der Waals surface area contributed by atoms with Gasteiger partial charge in [-0.25, -0.2) is 0 Å². The molecule has 106 valence electrons. The minimum absolute atomic E-state index is 0.0179. The zero-order chi connectivity index (χ0) is 14.5. The number of nitrogens with one attached hydrogen (secondary N) is 1. The maximum absolute atomic E-state index is 11.1. The summed E-state index contributed by atoms with van der Waals surface area (Å²) in [4.78, 5) is 10.6. The van der Waals surface area contributed by atoms with Crippen molar-refractivity contribution in [3.05, 3.63) is 33.9 Å². The molecule has 2 unspecified atom stereocenters. The quantitative estimate of drug-likeness (QED) is 0.663. The fourth-order valence-corrected chi connectivity index (χ4v) is 3.70. The van der Waals surface area contributed by atoms with Crippen LogP contribution in [0.25, 0.3) is 0 Å². The van der Waals surface area contributed by atoms with Gasteiger partial charge in [0.25, 0.3) is 5.69 Å². The maximum atomic E-state index is 11.1. The molecule has 2 atom stereocenters. The van der Waals surface area contributed by atoms with E-state index in [4.69, 9.17) is 5.26 Å². The Hall–Kier alpha value is -1.74. The van der Waals surface area contributed by atoms with E-state index in [0.717, 1.165) is 25.0 Å². The van der Waals surface area contributed by atoms with Crippen molar-refractivity contribution in [2.75, 3.05) is 11.1 Å². The van der Waals surface area contributed by atoms with Gasteiger partial charge in [0.1, 0.15) is 5.69 Å². The first-order valence-electron chi connectivity index (χ1n) is 6.70. The van der Waals surface area contributed by atoms with Crippen LogP contribution in [0.1, 0.15) is 31.7 Å². The van der Waals surface area contributed by atoms with Gasteiger partial charge >= 0.3 is 0 Å². The molecule has 1 N–H and O–H groups in total. The van der Waals surface area contributed by atoms with E-state index in [0.29, 0.717) is 16.5 Å². The topological polar surface area (TPSA) is 79.0 Å². The predicted molar refractivity (Wildman–Crippen MR) is 81.0 cm³/mol. The molecule has 0 aromatic heterocycles. The number of hydrogen-bond donors (Lipinski definition) is 1. The van der Waals surface area contributed by atoms with Crippen molar-refractivity contribution in [1.82, 2.24) is 0 Å². The fraction of sp³-hybridized carbons (Fsp3) is 0.500. The molecule has 1 aliphatic rings. The molecule has 6 heteroatoms. The summed E-state index contributed by atoms with van der Waals surface area (Å²) in [5.74, 6) is 1.11. The van der Waals surface area contributed by atoms with Gasteiger partial charge in [0.15, 0.2) is 0 Å². The lowest BCUT2D eigenvalue weighted by molar-refractivity contribution is -0.384. The van der Waals surface area contributed by atoms with Crippen LogP contribution in [0.3, 0.4) is 0 Å². The third-order valence-corrected chi connectivity index (χ3v) is 4.70. The SMILES string of the molecule is CCSC1CCC(Nc2ccc(C#N)cc2[N+](=O)[O-])C1. The van der Waals surface area contributed by atoms with Crippen LogP contribution in [-0.4, -0.2) is 22.0 Å². The van der Waals surface area contributed by atoms with Crippen molar-refractivity contribution in [1.29, 1.82) is 5.26 Å². The highest BCUT2D eigenvalue weighted by atomic mass is 32.2. The monoisotopic (exact) mass is 291 g/mol. The van der Waals surface area contributed by atoms with Gasteiger partial charge in [-0.05, 0) is 37.1 Å². The van der Waals surface area contributed by atoms with Crippen LogP contribution in [0, 0.1) is 21.4 Å². The van der Waals surface area contributed by atoms with Crippen LogP contribution >= 0.6 is 11.8 Å². The number of nitriles is 1. The Bertz CT molecular complexity index is 542. The van der Waals surface area contributed by atoms with Gasteiger partial charge in [-0.3, -0.25) is 10.1 Å². The van der Waals surface area contributed by atoms with Crippen molar-refractivity contribution in [3.63, 3.8) is 0 Å².